The first-order valence-corrected chi connectivity index (χ1v) is 10.4. The van der Waals surface area contributed by atoms with Gasteiger partial charge in [0.2, 0.25) is 5.91 Å². The van der Waals surface area contributed by atoms with Crippen LogP contribution < -0.4 is 10.6 Å². The second-order valence-electron chi connectivity index (χ2n) is 7.05. The molecule has 1 saturated carbocycles. The Morgan fingerprint density at radius 2 is 1.96 bits per heavy atom. The maximum atomic E-state index is 12.9. The molecule has 0 spiro atoms. The fourth-order valence-electron chi connectivity index (χ4n) is 3.56. The summed E-state index contributed by atoms with van der Waals surface area (Å²) >= 11 is 0. The van der Waals surface area contributed by atoms with E-state index < -0.39 is 15.1 Å². The van der Waals surface area contributed by atoms with Crippen molar-refractivity contribution in [2.45, 2.75) is 62.9 Å². The van der Waals surface area contributed by atoms with Gasteiger partial charge in [0.1, 0.15) is 5.25 Å². The fraction of sp³-hybridized carbons (Fsp3) is 0.824. The zero-order valence-electron chi connectivity index (χ0n) is 14.7. The van der Waals surface area contributed by atoms with Gasteiger partial charge in [0, 0.05) is 13.1 Å². The summed E-state index contributed by atoms with van der Waals surface area (Å²) in [6.45, 7) is 5.85. The standard InChI is InChI=1S/C17H30N2O3S.ClH/c1-13(2)16(23(21,22)15-6-4-3-5-7-15)17(20)19-12-14-8-10-18-11-9-14;/h8,13,15-16,18H,3-7,9-12H2,1-2H3,(H,19,20);1H. The van der Waals surface area contributed by atoms with Crippen molar-refractivity contribution in [2.75, 3.05) is 19.6 Å². The molecular weight excluding hydrogens is 348 g/mol. The Morgan fingerprint density at radius 3 is 2.50 bits per heavy atom. The minimum absolute atomic E-state index is 0. The minimum atomic E-state index is -3.42. The van der Waals surface area contributed by atoms with Gasteiger partial charge in [-0.15, -0.1) is 12.4 Å². The Hall–Kier alpha value is -0.590. The van der Waals surface area contributed by atoms with Crippen molar-refractivity contribution in [3.8, 4) is 0 Å². The molecule has 0 aromatic carbocycles. The van der Waals surface area contributed by atoms with Crippen molar-refractivity contribution in [3.63, 3.8) is 0 Å². The van der Waals surface area contributed by atoms with Crippen LogP contribution in [0.4, 0.5) is 0 Å². The number of rotatable bonds is 6. The highest BCUT2D eigenvalue weighted by Gasteiger charge is 2.40. The van der Waals surface area contributed by atoms with Crippen LogP contribution in [0, 0.1) is 5.92 Å². The van der Waals surface area contributed by atoms with E-state index in [1.807, 2.05) is 13.8 Å². The molecule has 1 aliphatic carbocycles. The van der Waals surface area contributed by atoms with Crippen molar-refractivity contribution in [1.29, 1.82) is 0 Å². The third-order valence-electron chi connectivity index (χ3n) is 4.88. The summed E-state index contributed by atoms with van der Waals surface area (Å²) in [4.78, 5) is 12.6. The van der Waals surface area contributed by atoms with E-state index in [9.17, 15) is 13.2 Å². The zero-order valence-corrected chi connectivity index (χ0v) is 16.3. The van der Waals surface area contributed by atoms with Gasteiger partial charge < -0.3 is 10.6 Å². The SMILES string of the molecule is CC(C)C(C(=O)NCC1=CCNCC1)S(=O)(=O)C1CCCCC1.Cl. The first-order valence-electron chi connectivity index (χ1n) is 8.82. The first-order chi connectivity index (χ1) is 10.9. The van der Waals surface area contributed by atoms with Crippen LogP contribution in [-0.2, 0) is 14.6 Å². The van der Waals surface area contributed by atoms with Crippen molar-refractivity contribution in [1.82, 2.24) is 10.6 Å². The van der Waals surface area contributed by atoms with E-state index in [2.05, 4.69) is 16.7 Å². The molecule has 1 unspecified atom stereocenters. The van der Waals surface area contributed by atoms with Gasteiger partial charge >= 0.3 is 0 Å². The van der Waals surface area contributed by atoms with E-state index in [0.29, 0.717) is 19.4 Å². The Morgan fingerprint density at radius 1 is 1.29 bits per heavy atom. The monoisotopic (exact) mass is 378 g/mol. The lowest BCUT2D eigenvalue weighted by molar-refractivity contribution is -0.121. The van der Waals surface area contributed by atoms with Crippen LogP contribution in [0.2, 0.25) is 0 Å². The molecule has 2 rings (SSSR count). The Labute approximate surface area is 152 Å². The highest BCUT2D eigenvalue weighted by Crippen LogP contribution is 2.29. The lowest BCUT2D eigenvalue weighted by Gasteiger charge is -2.28. The van der Waals surface area contributed by atoms with Crippen molar-refractivity contribution in [2.24, 2.45) is 5.92 Å². The highest BCUT2D eigenvalue weighted by molar-refractivity contribution is 7.93. The summed E-state index contributed by atoms with van der Waals surface area (Å²) in [6, 6.07) is 0. The van der Waals surface area contributed by atoms with Gasteiger partial charge in [0.05, 0.1) is 5.25 Å². The molecule has 0 bridgehead atoms. The molecule has 0 radical (unpaired) electrons. The second-order valence-corrected chi connectivity index (χ2v) is 9.40. The summed E-state index contributed by atoms with van der Waals surface area (Å²) in [7, 11) is -3.42. The van der Waals surface area contributed by atoms with E-state index in [4.69, 9.17) is 0 Å². The van der Waals surface area contributed by atoms with Gasteiger partial charge in [-0.05, 0) is 31.7 Å². The normalized spacial score (nSPS) is 20.9. The molecule has 5 nitrogen and oxygen atoms in total. The number of nitrogens with one attached hydrogen (secondary N) is 2. The van der Waals surface area contributed by atoms with Crippen molar-refractivity contribution >= 4 is 28.2 Å². The molecule has 24 heavy (non-hydrogen) atoms. The first kappa shape index (κ1) is 21.5. The lowest BCUT2D eigenvalue weighted by Crippen LogP contribution is -2.47. The average molecular weight is 379 g/mol. The summed E-state index contributed by atoms with van der Waals surface area (Å²) in [5.74, 6) is -0.533. The van der Waals surface area contributed by atoms with Crippen molar-refractivity contribution < 1.29 is 13.2 Å². The summed E-state index contributed by atoms with van der Waals surface area (Å²) in [5.41, 5.74) is 1.18. The predicted molar refractivity (Wildman–Crippen MR) is 100 cm³/mol. The third kappa shape index (κ3) is 5.46. The number of hydrogen-bond acceptors (Lipinski definition) is 4. The molecule has 1 fully saturated rings. The van der Waals surface area contributed by atoms with Crippen LogP contribution >= 0.6 is 12.4 Å². The predicted octanol–water partition coefficient (Wildman–Crippen LogP) is 2.22. The van der Waals surface area contributed by atoms with Crippen LogP contribution in [0.25, 0.3) is 0 Å². The van der Waals surface area contributed by atoms with Crippen LogP contribution in [-0.4, -0.2) is 44.5 Å². The molecular formula is C17H31ClN2O3S. The number of hydrogen-bond donors (Lipinski definition) is 2. The Kier molecular flexibility index (Phi) is 8.74. The Balaban J connectivity index is 0.00000288. The average Bonchev–Trinajstić information content (AvgIpc) is 2.54. The van der Waals surface area contributed by atoms with E-state index >= 15 is 0 Å². The second kappa shape index (κ2) is 9.78. The molecule has 0 saturated heterocycles. The molecule has 0 aromatic heterocycles. The quantitative estimate of drug-likeness (QED) is 0.695. The van der Waals surface area contributed by atoms with E-state index in [1.165, 1.54) is 5.57 Å². The molecule has 1 heterocycles. The number of halogens is 1. The number of carbonyl (C=O) groups excluding carboxylic acids is 1. The van der Waals surface area contributed by atoms with Crippen LogP contribution in [0.15, 0.2) is 11.6 Å². The molecule has 7 heteroatoms. The number of carbonyl (C=O) groups is 1. The van der Waals surface area contributed by atoms with Crippen LogP contribution in [0.1, 0.15) is 52.4 Å². The van der Waals surface area contributed by atoms with Crippen LogP contribution in [0.3, 0.4) is 0 Å². The van der Waals surface area contributed by atoms with Crippen LogP contribution in [0.5, 0.6) is 0 Å². The maximum Gasteiger partial charge on any atom is 0.238 e. The van der Waals surface area contributed by atoms with Gasteiger partial charge in [-0.25, -0.2) is 8.42 Å². The smallest absolute Gasteiger partial charge is 0.238 e. The van der Waals surface area contributed by atoms with Gasteiger partial charge in [0.25, 0.3) is 0 Å². The lowest BCUT2D eigenvalue weighted by atomic mass is 10.0. The molecule has 2 aliphatic rings. The van der Waals surface area contributed by atoms with Gasteiger partial charge in [-0.3, -0.25) is 4.79 Å². The van der Waals surface area contributed by atoms with Gasteiger partial charge in [-0.2, -0.15) is 0 Å². The van der Waals surface area contributed by atoms with Crippen molar-refractivity contribution in [3.05, 3.63) is 11.6 Å². The summed E-state index contributed by atoms with van der Waals surface area (Å²) in [5, 5.41) is 4.83. The highest BCUT2D eigenvalue weighted by atomic mass is 35.5. The van der Waals surface area contributed by atoms with E-state index in [0.717, 1.165) is 38.8 Å². The molecule has 1 aliphatic heterocycles. The Bertz CT molecular complexity index is 540. The third-order valence-corrected chi connectivity index (χ3v) is 7.75. The zero-order chi connectivity index (χ0) is 16.9. The maximum absolute atomic E-state index is 12.9. The molecule has 1 atom stereocenters. The molecule has 1 amide bonds. The minimum Gasteiger partial charge on any atom is -0.351 e. The van der Waals surface area contributed by atoms with E-state index in [-0.39, 0.29) is 29.5 Å². The molecule has 2 N–H and O–H groups in total. The summed E-state index contributed by atoms with van der Waals surface area (Å²) in [6.07, 6.45) is 7.40. The van der Waals surface area contributed by atoms with Gasteiger partial charge in [0.15, 0.2) is 9.84 Å². The number of amides is 1. The largest absolute Gasteiger partial charge is 0.351 e. The van der Waals surface area contributed by atoms with Gasteiger partial charge in [-0.1, -0.05) is 44.8 Å². The van der Waals surface area contributed by atoms with E-state index in [1.54, 1.807) is 0 Å². The fourth-order valence-corrected chi connectivity index (χ4v) is 6.11. The number of sulfone groups is 1. The summed E-state index contributed by atoms with van der Waals surface area (Å²) < 4.78 is 25.9. The topological polar surface area (TPSA) is 75.3 Å². The molecule has 0 aromatic rings. The molecule has 140 valence electrons.